The molecule has 0 radical (unpaired) electrons. The maximum absolute atomic E-state index is 11.6. The third-order valence-corrected chi connectivity index (χ3v) is 5.09. The molecule has 0 aromatic rings. The second-order valence-corrected chi connectivity index (χ2v) is 7.65. The number of carbonyl (C=O) groups is 1. The van der Waals surface area contributed by atoms with Crippen molar-refractivity contribution in [1.29, 1.82) is 0 Å². The Morgan fingerprint density at radius 1 is 0.909 bits per heavy atom. The van der Waals surface area contributed by atoms with Gasteiger partial charge in [0, 0.05) is 13.0 Å². The highest BCUT2D eigenvalue weighted by Gasteiger charge is 2.07. The molecule has 0 aromatic carbocycles. The highest BCUT2D eigenvalue weighted by atomic mass is 32.2. The van der Waals surface area contributed by atoms with Crippen LogP contribution in [0.25, 0.3) is 0 Å². The van der Waals surface area contributed by atoms with Gasteiger partial charge >= 0.3 is 5.97 Å². The number of unbranched alkanes of at least 4 members (excludes halogenated alkanes) is 8. The molecule has 0 aliphatic carbocycles. The van der Waals surface area contributed by atoms with E-state index in [9.17, 15) is 13.2 Å². The van der Waals surface area contributed by atoms with Gasteiger partial charge in [-0.3, -0.25) is 4.79 Å². The summed E-state index contributed by atoms with van der Waals surface area (Å²) < 4.78 is 30.3. The smallest absolute Gasteiger partial charge is 0.305 e. The lowest BCUT2D eigenvalue weighted by Crippen LogP contribution is -2.27. The predicted octanol–water partition coefficient (Wildman–Crippen LogP) is 3.39. The van der Waals surface area contributed by atoms with E-state index in [2.05, 4.69) is 9.46 Å². The molecule has 0 aromatic heterocycles. The SMILES string of the molecule is CCCCS(=O)(=O)NCCCCCCCCCCC(=O)OC. The van der Waals surface area contributed by atoms with Crippen molar-refractivity contribution in [2.24, 2.45) is 0 Å². The number of methoxy groups -OCH3 is 1. The van der Waals surface area contributed by atoms with Crippen LogP contribution in [0.4, 0.5) is 0 Å². The lowest BCUT2D eigenvalue weighted by molar-refractivity contribution is -0.140. The number of ether oxygens (including phenoxy) is 1. The van der Waals surface area contributed by atoms with Gasteiger partial charge in [-0.15, -0.1) is 0 Å². The van der Waals surface area contributed by atoms with Crippen LogP contribution in [-0.4, -0.2) is 33.8 Å². The Hall–Kier alpha value is -0.620. The zero-order valence-electron chi connectivity index (χ0n) is 14.2. The summed E-state index contributed by atoms with van der Waals surface area (Å²) in [6.45, 7) is 2.55. The van der Waals surface area contributed by atoms with Gasteiger partial charge in [0.15, 0.2) is 0 Å². The second-order valence-electron chi connectivity index (χ2n) is 5.72. The summed E-state index contributed by atoms with van der Waals surface area (Å²) >= 11 is 0. The van der Waals surface area contributed by atoms with Gasteiger partial charge in [-0.25, -0.2) is 13.1 Å². The average molecular weight is 336 g/mol. The van der Waals surface area contributed by atoms with Crippen molar-refractivity contribution in [3.05, 3.63) is 0 Å². The van der Waals surface area contributed by atoms with E-state index in [0.717, 1.165) is 51.4 Å². The van der Waals surface area contributed by atoms with Crippen molar-refractivity contribution in [2.75, 3.05) is 19.4 Å². The molecule has 0 unspecified atom stereocenters. The maximum Gasteiger partial charge on any atom is 0.305 e. The molecule has 0 saturated heterocycles. The fourth-order valence-corrected chi connectivity index (χ4v) is 3.46. The zero-order chi connectivity index (χ0) is 16.7. The van der Waals surface area contributed by atoms with Crippen LogP contribution in [0.5, 0.6) is 0 Å². The summed E-state index contributed by atoms with van der Waals surface area (Å²) in [6, 6.07) is 0. The van der Waals surface area contributed by atoms with Crippen molar-refractivity contribution in [3.8, 4) is 0 Å². The molecule has 0 fully saturated rings. The van der Waals surface area contributed by atoms with Crippen molar-refractivity contribution in [1.82, 2.24) is 4.72 Å². The number of hydrogen-bond acceptors (Lipinski definition) is 4. The molecular formula is C16H33NO4S. The van der Waals surface area contributed by atoms with Crippen molar-refractivity contribution in [2.45, 2.75) is 77.6 Å². The van der Waals surface area contributed by atoms with E-state index in [0.29, 0.717) is 13.0 Å². The fourth-order valence-electron chi connectivity index (χ4n) is 2.19. The van der Waals surface area contributed by atoms with Crippen LogP contribution < -0.4 is 4.72 Å². The van der Waals surface area contributed by atoms with Crippen molar-refractivity contribution >= 4 is 16.0 Å². The number of sulfonamides is 1. The average Bonchev–Trinajstić information content (AvgIpc) is 2.50. The first-order chi connectivity index (χ1) is 10.5. The Morgan fingerprint density at radius 2 is 1.45 bits per heavy atom. The Balaban J connectivity index is 3.28. The van der Waals surface area contributed by atoms with Gasteiger partial charge in [-0.2, -0.15) is 0 Å². The zero-order valence-corrected chi connectivity index (χ0v) is 15.1. The maximum atomic E-state index is 11.6. The largest absolute Gasteiger partial charge is 0.469 e. The van der Waals surface area contributed by atoms with Gasteiger partial charge in [0.1, 0.15) is 0 Å². The quantitative estimate of drug-likeness (QED) is 0.368. The molecule has 0 spiro atoms. The molecule has 0 aliphatic rings. The van der Waals surface area contributed by atoms with Gasteiger partial charge in [-0.05, 0) is 19.3 Å². The summed E-state index contributed by atoms with van der Waals surface area (Å²) in [5.74, 6) is 0.121. The van der Waals surface area contributed by atoms with E-state index in [1.54, 1.807) is 0 Å². The molecule has 1 N–H and O–H groups in total. The topological polar surface area (TPSA) is 72.5 Å². The van der Waals surface area contributed by atoms with E-state index >= 15 is 0 Å². The Labute approximate surface area is 136 Å². The van der Waals surface area contributed by atoms with Gasteiger partial charge in [-0.1, -0.05) is 51.9 Å². The number of nitrogens with one attached hydrogen (secondary N) is 1. The first-order valence-corrected chi connectivity index (χ1v) is 10.2. The van der Waals surface area contributed by atoms with Crippen LogP contribution in [0.1, 0.15) is 77.6 Å². The molecule has 0 atom stereocenters. The minimum absolute atomic E-state index is 0.124. The number of esters is 1. The molecule has 0 rings (SSSR count). The molecule has 6 heteroatoms. The fraction of sp³-hybridized carbons (Fsp3) is 0.938. The Bertz CT molecular complexity index is 368. The molecule has 0 amide bonds. The standard InChI is InChI=1S/C16H33NO4S/c1-3-4-15-22(19,20)17-14-12-10-8-6-5-7-9-11-13-16(18)21-2/h17H,3-15H2,1-2H3. The summed E-state index contributed by atoms with van der Waals surface area (Å²) in [5.41, 5.74) is 0. The number of carbonyl (C=O) groups excluding carboxylic acids is 1. The van der Waals surface area contributed by atoms with Crippen LogP contribution in [-0.2, 0) is 19.6 Å². The van der Waals surface area contributed by atoms with Gasteiger partial charge in [0.05, 0.1) is 12.9 Å². The Morgan fingerprint density at radius 3 is 2.00 bits per heavy atom. The second kappa shape index (κ2) is 14.0. The molecule has 5 nitrogen and oxygen atoms in total. The molecule has 0 saturated carbocycles. The monoisotopic (exact) mass is 335 g/mol. The third-order valence-electron chi connectivity index (χ3n) is 3.62. The number of rotatable bonds is 15. The van der Waals surface area contributed by atoms with Gasteiger partial charge < -0.3 is 4.74 Å². The van der Waals surface area contributed by atoms with E-state index in [1.165, 1.54) is 20.0 Å². The molecule has 0 aliphatic heterocycles. The molecule has 0 bridgehead atoms. The van der Waals surface area contributed by atoms with Crippen LogP contribution in [0.2, 0.25) is 0 Å². The third kappa shape index (κ3) is 14.3. The van der Waals surface area contributed by atoms with E-state index in [4.69, 9.17) is 0 Å². The highest BCUT2D eigenvalue weighted by Crippen LogP contribution is 2.10. The summed E-state index contributed by atoms with van der Waals surface area (Å²) in [4.78, 5) is 10.9. The van der Waals surface area contributed by atoms with Gasteiger partial charge in [0.2, 0.25) is 10.0 Å². The predicted molar refractivity (Wildman–Crippen MR) is 90.3 cm³/mol. The van der Waals surface area contributed by atoms with Crippen LogP contribution in [0.15, 0.2) is 0 Å². The van der Waals surface area contributed by atoms with E-state index < -0.39 is 10.0 Å². The first-order valence-electron chi connectivity index (χ1n) is 8.56. The minimum Gasteiger partial charge on any atom is -0.469 e. The summed E-state index contributed by atoms with van der Waals surface area (Å²) in [7, 11) is -1.63. The lowest BCUT2D eigenvalue weighted by Gasteiger charge is -2.06. The number of hydrogen-bond donors (Lipinski definition) is 1. The lowest BCUT2D eigenvalue weighted by atomic mass is 10.1. The van der Waals surface area contributed by atoms with Crippen LogP contribution >= 0.6 is 0 Å². The van der Waals surface area contributed by atoms with Crippen molar-refractivity contribution in [3.63, 3.8) is 0 Å². The summed E-state index contributed by atoms with van der Waals surface area (Å²) in [6.07, 6.45) is 10.8. The van der Waals surface area contributed by atoms with E-state index in [-0.39, 0.29) is 11.7 Å². The molecule has 22 heavy (non-hydrogen) atoms. The van der Waals surface area contributed by atoms with E-state index in [1.807, 2.05) is 6.92 Å². The van der Waals surface area contributed by atoms with Crippen LogP contribution in [0.3, 0.4) is 0 Å². The molecule has 0 heterocycles. The summed E-state index contributed by atoms with van der Waals surface area (Å²) in [5, 5.41) is 0. The Kier molecular flexibility index (Phi) is 13.6. The normalized spacial score (nSPS) is 11.5. The van der Waals surface area contributed by atoms with Gasteiger partial charge in [0.25, 0.3) is 0 Å². The minimum atomic E-state index is -3.05. The molecular weight excluding hydrogens is 302 g/mol. The first kappa shape index (κ1) is 21.4. The van der Waals surface area contributed by atoms with Crippen molar-refractivity contribution < 1.29 is 17.9 Å². The highest BCUT2D eigenvalue weighted by molar-refractivity contribution is 7.89. The van der Waals surface area contributed by atoms with Crippen LogP contribution in [0, 0.1) is 0 Å². The molecule has 132 valence electrons.